The molecule has 2 aromatic heterocycles. The average Bonchev–Trinajstić information content (AvgIpc) is 3.27. The van der Waals surface area contributed by atoms with E-state index in [1.165, 1.54) is 12.8 Å². The van der Waals surface area contributed by atoms with E-state index in [1.54, 1.807) is 25.1 Å². The standard InChI is InChI=1S/C29H31ClN4O4/c1-16-10-17(2)12-19(11-16)26-27(37-9-7-20-6-4-5-8-31-20)22-14-21(23(30)15-24(22)32-29(26)36)28(35)33-25-13-18(3)38-34-25/h10-15,20,31H,4-9H2,1-3H3,(H,32,36)(H,33,34,35). The average molecular weight is 535 g/mol. The van der Waals surface area contributed by atoms with Crippen LogP contribution in [0.4, 0.5) is 5.82 Å². The molecule has 4 aromatic rings. The number of carbonyl (C=O) groups is 1. The second kappa shape index (κ2) is 11.0. The number of fused-ring (bicyclic) bond motifs is 1. The van der Waals surface area contributed by atoms with E-state index in [4.69, 9.17) is 20.9 Å². The van der Waals surface area contributed by atoms with Crippen LogP contribution in [0, 0.1) is 20.8 Å². The van der Waals surface area contributed by atoms with Crippen molar-refractivity contribution in [3.8, 4) is 16.9 Å². The SMILES string of the molecule is Cc1cc(C)cc(-c2c(OCCC3CCCCN3)c3cc(C(=O)Nc4cc(C)on4)c(Cl)cc3[nH]c2=O)c1. The van der Waals surface area contributed by atoms with Crippen LogP contribution >= 0.6 is 11.6 Å². The summed E-state index contributed by atoms with van der Waals surface area (Å²) in [7, 11) is 0. The molecule has 1 aliphatic rings. The van der Waals surface area contributed by atoms with Crippen molar-refractivity contribution in [2.24, 2.45) is 0 Å². The zero-order valence-electron chi connectivity index (χ0n) is 21.7. The summed E-state index contributed by atoms with van der Waals surface area (Å²) in [6, 6.07) is 11.2. The van der Waals surface area contributed by atoms with E-state index >= 15 is 0 Å². The molecular weight excluding hydrogens is 504 g/mol. The molecule has 0 spiro atoms. The fourth-order valence-corrected chi connectivity index (χ4v) is 5.32. The van der Waals surface area contributed by atoms with Gasteiger partial charge in [0.25, 0.3) is 11.5 Å². The normalized spacial score (nSPS) is 15.5. The fraction of sp³-hybridized carbons (Fsp3) is 0.345. The Morgan fingerprint density at radius 3 is 2.61 bits per heavy atom. The number of amides is 1. The zero-order chi connectivity index (χ0) is 26.8. The molecule has 1 amide bonds. The van der Waals surface area contributed by atoms with Gasteiger partial charge in [-0.1, -0.05) is 52.5 Å². The first-order valence-electron chi connectivity index (χ1n) is 12.9. The van der Waals surface area contributed by atoms with Gasteiger partial charge >= 0.3 is 0 Å². The van der Waals surface area contributed by atoms with Crippen molar-refractivity contribution in [1.29, 1.82) is 0 Å². The first kappa shape index (κ1) is 26.0. The van der Waals surface area contributed by atoms with Gasteiger partial charge in [0.1, 0.15) is 11.5 Å². The number of nitrogens with zero attached hydrogens (tertiary/aromatic N) is 1. The minimum absolute atomic E-state index is 0.197. The number of aryl methyl sites for hydroxylation is 3. The number of halogens is 1. The number of anilines is 1. The van der Waals surface area contributed by atoms with Crippen molar-refractivity contribution in [2.45, 2.75) is 52.5 Å². The molecule has 1 fully saturated rings. The number of carbonyl (C=O) groups excluding carboxylic acids is 1. The topological polar surface area (TPSA) is 109 Å². The molecule has 1 unspecified atom stereocenters. The lowest BCUT2D eigenvalue weighted by Gasteiger charge is -2.24. The van der Waals surface area contributed by atoms with E-state index < -0.39 is 5.91 Å². The molecule has 1 aliphatic heterocycles. The third-order valence-electron chi connectivity index (χ3n) is 6.80. The van der Waals surface area contributed by atoms with E-state index in [0.29, 0.717) is 40.6 Å². The summed E-state index contributed by atoms with van der Waals surface area (Å²) in [6.07, 6.45) is 4.30. The van der Waals surface area contributed by atoms with Crippen LogP contribution in [-0.4, -0.2) is 35.2 Å². The van der Waals surface area contributed by atoms with Crippen LogP contribution in [0.1, 0.15) is 52.9 Å². The zero-order valence-corrected chi connectivity index (χ0v) is 22.5. The highest BCUT2D eigenvalue weighted by molar-refractivity contribution is 6.35. The first-order valence-corrected chi connectivity index (χ1v) is 13.3. The highest BCUT2D eigenvalue weighted by Gasteiger charge is 2.22. The number of rotatable bonds is 7. The summed E-state index contributed by atoms with van der Waals surface area (Å²) in [5, 5.41) is 10.9. The van der Waals surface area contributed by atoms with Crippen LogP contribution in [0.15, 0.2) is 45.7 Å². The molecular formula is C29H31ClN4O4. The van der Waals surface area contributed by atoms with Gasteiger partial charge in [0.05, 0.1) is 28.3 Å². The van der Waals surface area contributed by atoms with Crippen LogP contribution in [0.3, 0.4) is 0 Å². The van der Waals surface area contributed by atoms with Gasteiger partial charge in [0, 0.05) is 17.5 Å². The Hall–Kier alpha value is -3.62. The number of hydrogen-bond donors (Lipinski definition) is 3. The maximum Gasteiger partial charge on any atom is 0.260 e. The minimum atomic E-state index is -0.443. The molecule has 0 saturated carbocycles. The Morgan fingerprint density at radius 2 is 1.92 bits per heavy atom. The lowest BCUT2D eigenvalue weighted by Crippen LogP contribution is -2.35. The Kier molecular flexibility index (Phi) is 7.53. The molecule has 9 heteroatoms. The Morgan fingerprint density at radius 1 is 1.13 bits per heavy atom. The second-order valence-corrected chi connectivity index (χ2v) is 10.4. The molecule has 198 valence electrons. The number of aromatic amines is 1. The quantitative estimate of drug-likeness (QED) is 0.271. The van der Waals surface area contributed by atoms with Crippen molar-refractivity contribution < 1.29 is 14.1 Å². The molecule has 0 aliphatic carbocycles. The number of pyridine rings is 1. The van der Waals surface area contributed by atoms with Gasteiger partial charge < -0.3 is 24.9 Å². The van der Waals surface area contributed by atoms with E-state index in [0.717, 1.165) is 36.1 Å². The lowest BCUT2D eigenvalue weighted by atomic mass is 9.98. The van der Waals surface area contributed by atoms with E-state index in [9.17, 15) is 9.59 Å². The van der Waals surface area contributed by atoms with Gasteiger partial charge in [-0.15, -0.1) is 0 Å². The minimum Gasteiger partial charge on any atom is -0.492 e. The molecule has 0 bridgehead atoms. The first-order chi connectivity index (χ1) is 18.3. The highest BCUT2D eigenvalue weighted by Crippen LogP contribution is 2.37. The fourth-order valence-electron chi connectivity index (χ4n) is 5.07. The second-order valence-electron chi connectivity index (χ2n) is 9.97. The van der Waals surface area contributed by atoms with Gasteiger partial charge in [-0.05, 0) is 64.3 Å². The third-order valence-corrected chi connectivity index (χ3v) is 7.12. The Bertz CT molecular complexity index is 1530. The number of H-pyrrole nitrogens is 1. The number of benzene rings is 2. The third kappa shape index (κ3) is 5.61. The van der Waals surface area contributed by atoms with Crippen LogP contribution in [-0.2, 0) is 0 Å². The van der Waals surface area contributed by atoms with Crippen LogP contribution in [0.25, 0.3) is 22.0 Å². The summed E-state index contributed by atoms with van der Waals surface area (Å²) >= 11 is 6.50. The Labute approximate surface area is 225 Å². The highest BCUT2D eigenvalue weighted by atomic mass is 35.5. The van der Waals surface area contributed by atoms with Crippen LogP contribution in [0.2, 0.25) is 5.02 Å². The molecule has 5 rings (SSSR count). The molecule has 0 radical (unpaired) electrons. The summed E-state index contributed by atoms with van der Waals surface area (Å²) in [5.41, 5.74) is 3.72. The molecule has 8 nitrogen and oxygen atoms in total. The number of ether oxygens (including phenoxy) is 1. The van der Waals surface area contributed by atoms with E-state index in [1.807, 2.05) is 26.0 Å². The maximum absolute atomic E-state index is 13.4. The molecule has 1 atom stereocenters. The summed E-state index contributed by atoms with van der Waals surface area (Å²) in [5.74, 6) is 0.857. The predicted octanol–water partition coefficient (Wildman–Crippen LogP) is 5.93. The monoisotopic (exact) mass is 534 g/mol. The number of hydrogen-bond acceptors (Lipinski definition) is 6. The molecule has 1 saturated heterocycles. The lowest BCUT2D eigenvalue weighted by molar-refractivity contribution is 0.102. The largest absolute Gasteiger partial charge is 0.492 e. The van der Waals surface area contributed by atoms with Crippen molar-refractivity contribution in [3.05, 3.63) is 74.2 Å². The van der Waals surface area contributed by atoms with Gasteiger partial charge in [-0.25, -0.2) is 0 Å². The van der Waals surface area contributed by atoms with Crippen molar-refractivity contribution >= 4 is 34.2 Å². The summed E-state index contributed by atoms with van der Waals surface area (Å²) in [6.45, 7) is 7.16. The molecule has 3 N–H and O–H groups in total. The van der Waals surface area contributed by atoms with Gasteiger partial charge in [-0.3, -0.25) is 9.59 Å². The van der Waals surface area contributed by atoms with Crippen molar-refractivity contribution in [2.75, 3.05) is 18.5 Å². The molecule has 2 aromatic carbocycles. The van der Waals surface area contributed by atoms with Crippen LogP contribution in [0.5, 0.6) is 5.75 Å². The smallest absolute Gasteiger partial charge is 0.260 e. The van der Waals surface area contributed by atoms with Crippen molar-refractivity contribution in [1.82, 2.24) is 15.5 Å². The number of nitrogens with one attached hydrogen (secondary N) is 3. The predicted molar refractivity (Wildman–Crippen MR) is 149 cm³/mol. The molecule has 3 heterocycles. The van der Waals surface area contributed by atoms with Crippen molar-refractivity contribution in [3.63, 3.8) is 0 Å². The van der Waals surface area contributed by atoms with Gasteiger partial charge in [0.15, 0.2) is 5.82 Å². The molecule has 38 heavy (non-hydrogen) atoms. The number of piperidine rings is 1. The van der Waals surface area contributed by atoms with Gasteiger partial charge in [0.2, 0.25) is 0 Å². The van der Waals surface area contributed by atoms with Gasteiger partial charge in [-0.2, -0.15) is 0 Å². The van der Waals surface area contributed by atoms with E-state index in [2.05, 4.69) is 26.8 Å². The summed E-state index contributed by atoms with van der Waals surface area (Å²) in [4.78, 5) is 29.5. The summed E-state index contributed by atoms with van der Waals surface area (Å²) < 4.78 is 11.5. The van der Waals surface area contributed by atoms with Crippen LogP contribution < -0.4 is 20.9 Å². The Balaban J connectivity index is 1.60. The number of aromatic nitrogens is 2. The maximum atomic E-state index is 13.4. The van der Waals surface area contributed by atoms with E-state index in [-0.39, 0.29) is 22.0 Å².